The second-order valence-electron chi connectivity index (χ2n) is 6.67. The first-order valence-corrected chi connectivity index (χ1v) is 8.25. The van der Waals surface area contributed by atoms with Gasteiger partial charge in [0.05, 0.1) is 11.1 Å². The third-order valence-corrected chi connectivity index (χ3v) is 4.92. The number of fused-ring (bicyclic) bond motifs is 1. The van der Waals surface area contributed by atoms with Gasteiger partial charge in [0, 0.05) is 30.1 Å². The van der Waals surface area contributed by atoms with Crippen molar-refractivity contribution >= 4 is 16.8 Å². The van der Waals surface area contributed by atoms with E-state index in [1.54, 1.807) is 6.07 Å². The monoisotopic (exact) mass is 313 g/mol. The molecule has 0 radical (unpaired) electrons. The minimum Gasteiger partial charge on any atom is -0.338 e. The zero-order valence-electron chi connectivity index (χ0n) is 13.0. The van der Waals surface area contributed by atoms with Crippen LogP contribution in [0.3, 0.4) is 0 Å². The fourth-order valence-electron chi connectivity index (χ4n) is 3.36. The highest BCUT2D eigenvalue weighted by Gasteiger charge is 2.30. The molecule has 4 nitrogen and oxygen atoms in total. The Kier molecular flexibility index (Phi) is 3.53. The Hall–Kier alpha value is -2.01. The van der Waals surface area contributed by atoms with Crippen molar-refractivity contribution in [2.45, 2.75) is 25.2 Å². The van der Waals surface area contributed by atoms with Crippen molar-refractivity contribution in [2.75, 3.05) is 19.6 Å². The molecule has 2 N–H and O–H groups in total. The Morgan fingerprint density at radius 1 is 1.30 bits per heavy atom. The molecule has 23 heavy (non-hydrogen) atoms. The van der Waals surface area contributed by atoms with Crippen LogP contribution in [0.4, 0.5) is 4.39 Å². The highest BCUT2D eigenvalue weighted by Crippen LogP contribution is 2.40. The molecule has 1 saturated heterocycles. The Morgan fingerprint density at radius 2 is 2.13 bits per heavy atom. The van der Waals surface area contributed by atoms with E-state index >= 15 is 0 Å². The van der Waals surface area contributed by atoms with Gasteiger partial charge < -0.3 is 10.6 Å². The predicted molar refractivity (Wildman–Crippen MR) is 86.7 cm³/mol. The molecule has 1 aliphatic carbocycles. The number of aromatic nitrogens is 1. The molecule has 4 rings (SSSR count). The standard InChI is InChI=1S/C18H20FN3O/c19-13-3-4-16-14(7-13)15(8-17(21-16)12-1-2-12)18(23)22-6-5-11(9-20)10-22/h3-4,7-8,11-12H,1-2,5-6,9-10,20H2. The van der Waals surface area contributed by atoms with Crippen molar-refractivity contribution in [3.63, 3.8) is 0 Å². The van der Waals surface area contributed by atoms with Crippen molar-refractivity contribution in [1.82, 2.24) is 9.88 Å². The molecule has 1 unspecified atom stereocenters. The van der Waals surface area contributed by atoms with Gasteiger partial charge >= 0.3 is 0 Å². The van der Waals surface area contributed by atoms with E-state index in [0.29, 0.717) is 41.4 Å². The molecule has 1 saturated carbocycles. The molecule has 2 aliphatic rings. The lowest BCUT2D eigenvalue weighted by Crippen LogP contribution is -2.30. The minimum atomic E-state index is -0.339. The summed E-state index contributed by atoms with van der Waals surface area (Å²) in [6.07, 6.45) is 3.17. The van der Waals surface area contributed by atoms with Gasteiger partial charge in [-0.3, -0.25) is 9.78 Å². The van der Waals surface area contributed by atoms with E-state index < -0.39 is 0 Å². The number of likely N-dealkylation sites (tertiary alicyclic amines) is 1. The van der Waals surface area contributed by atoms with Crippen molar-refractivity contribution in [3.8, 4) is 0 Å². The van der Waals surface area contributed by atoms with Crippen LogP contribution >= 0.6 is 0 Å². The summed E-state index contributed by atoms with van der Waals surface area (Å²) in [5, 5.41) is 0.607. The second kappa shape index (κ2) is 5.57. The number of pyridine rings is 1. The summed E-state index contributed by atoms with van der Waals surface area (Å²) in [6, 6.07) is 6.36. The van der Waals surface area contributed by atoms with Crippen LogP contribution in [0.15, 0.2) is 24.3 Å². The summed E-state index contributed by atoms with van der Waals surface area (Å²) in [5.41, 5.74) is 7.96. The molecule has 0 bridgehead atoms. The Bertz CT molecular complexity index is 772. The molecule has 120 valence electrons. The minimum absolute atomic E-state index is 0.0270. The first-order chi connectivity index (χ1) is 11.2. The van der Waals surface area contributed by atoms with E-state index in [4.69, 9.17) is 5.73 Å². The predicted octanol–water partition coefficient (Wildman–Crippen LogP) is 2.67. The van der Waals surface area contributed by atoms with Gasteiger partial charge in [-0.2, -0.15) is 0 Å². The van der Waals surface area contributed by atoms with Crippen LogP contribution in [0.1, 0.15) is 41.2 Å². The van der Waals surface area contributed by atoms with Gasteiger partial charge in [0.15, 0.2) is 0 Å². The number of carbonyl (C=O) groups excluding carboxylic acids is 1. The molecule has 2 aromatic rings. The Balaban J connectivity index is 1.77. The number of carbonyl (C=O) groups is 1. The van der Waals surface area contributed by atoms with Gasteiger partial charge in [0.1, 0.15) is 5.82 Å². The van der Waals surface area contributed by atoms with E-state index in [0.717, 1.165) is 31.5 Å². The van der Waals surface area contributed by atoms with Crippen molar-refractivity contribution in [2.24, 2.45) is 11.7 Å². The van der Waals surface area contributed by atoms with Crippen LogP contribution in [-0.4, -0.2) is 35.4 Å². The number of halogens is 1. The van der Waals surface area contributed by atoms with Crippen molar-refractivity contribution in [3.05, 3.63) is 41.3 Å². The molecule has 1 aromatic carbocycles. The van der Waals surface area contributed by atoms with Crippen molar-refractivity contribution in [1.29, 1.82) is 0 Å². The summed E-state index contributed by atoms with van der Waals surface area (Å²) in [6.45, 7) is 2.01. The summed E-state index contributed by atoms with van der Waals surface area (Å²) in [5.74, 6) is 0.452. The molecule has 1 aliphatic heterocycles. The maximum Gasteiger partial charge on any atom is 0.254 e. The summed E-state index contributed by atoms with van der Waals surface area (Å²) in [4.78, 5) is 19.4. The topological polar surface area (TPSA) is 59.2 Å². The van der Waals surface area contributed by atoms with Crippen LogP contribution in [0.25, 0.3) is 10.9 Å². The Morgan fingerprint density at radius 3 is 2.83 bits per heavy atom. The number of benzene rings is 1. The molecular formula is C18H20FN3O. The van der Waals surface area contributed by atoms with E-state index in [2.05, 4.69) is 4.98 Å². The zero-order chi connectivity index (χ0) is 16.0. The smallest absolute Gasteiger partial charge is 0.254 e. The average molecular weight is 313 g/mol. The fourth-order valence-corrected chi connectivity index (χ4v) is 3.36. The molecule has 2 fully saturated rings. The van der Waals surface area contributed by atoms with Crippen LogP contribution in [-0.2, 0) is 0 Å². The van der Waals surface area contributed by atoms with Crippen LogP contribution < -0.4 is 5.73 Å². The number of rotatable bonds is 3. The summed E-state index contributed by atoms with van der Waals surface area (Å²) in [7, 11) is 0. The van der Waals surface area contributed by atoms with Gasteiger partial charge in [-0.05, 0) is 56.0 Å². The molecule has 1 aromatic heterocycles. The van der Waals surface area contributed by atoms with E-state index in [9.17, 15) is 9.18 Å². The lowest BCUT2D eigenvalue weighted by molar-refractivity contribution is 0.0789. The molecular weight excluding hydrogens is 293 g/mol. The maximum atomic E-state index is 13.7. The molecule has 1 amide bonds. The Labute approximate surface area is 134 Å². The van der Waals surface area contributed by atoms with E-state index in [1.807, 2.05) is 11.0 Å². The highest BCUT2D eigenvalue weighted by atomic mass is 19.1. The third kappa shape index (κ3) is 2.70. The van der Waals surface area contributed by atoms with Crippen LogP contribution in [0, 0.1) is 11.7 Å². The second-order valence-corrected chi connectivity index (χ2v) is 6.67. The van der Waals surface area contributed by atoms with Gasteiger partial charge in [-0.1, -0.05) is 0 Å². The lowest BCUT2D eigenvalue weighted by Gasteiger charge is -2.18. The maximum absolute atomic E-state index is 13.7. The zero-order valence-corrected chi connectivity index (χ0v) is 13.0. The number of nitrogens with zero attached hydrogens (tertiary/aromatic N) is 2. The molecule has 2 heterocycles. The van der Waals surface area contributed by atoms with Gasteiger partial charge in [0.25, 0.3) is 5.91 Å². The fraction of sp³-hybridized carbons (Fsp3) is 0.444. The summed E-state index contributed by atoms with van der Waals surface area (Å²) < 4.78 is 13.7. The van der Waals surface area contributed by atoms with Crippen LogP contribution in [0.2, 0.25) is 0 Å². The number of nitrogens with two attached hydrogens (primary N) is 1. The molecule has 5 heteroatoms. The van der Waals surface area contributed by atoms with Gasteiger partial charge in [-0.15, -0.1) is 0 Å². The first kappa shape index (κ1) is 14.6. The van der Waals surface area contributed by atoms with Crippen molar-refractivity contribution < 1.29 is 9.18 Å². The number of amides is 1. The summed E-state index contributed by atoms with van der Waals surface area (Å²) >= 11 is 0. The number of hydrogen-bond acceptors (Lipinski definition) is 3. The normalized spacial score (nSPS) is 21.1. The first-order valence-electron chi connectivity index (χ1n) is 8.25. The van der Waals surface area contributed by atoms with E-state index in [-0.39, 0.29) is 11.7 Å². The van der Waals surface area contributed by atoms with Crippen LogP contribution in [0.5, 0.6) is 0 Å². The quantitative estimate of drug-likeness (QED) is 0.948. The average Bonchev–Trinajstić information content (AvgIpc) is 3.30. The highest BCUT2D eigenvalue weighted by molar-refractivity contribution is 6.06. The van der Waals surface area contributed by atoms with Gasteiger partial charge in [-0.25, -0.2) is 4.39 Å². The van der Waals surface area contributed by atoms with Gasteiger partial charge in [0.2, 0.25) is 0 Å². The molecule has 0 spiro atoms. The van der Waals surface area contributed by atoms with E-state index in [1.165, 1.54) is 12.1 Å². The largest absolute Gasteiger partial charge is 0.338 e. The third-order valence-electron chi connectivity index (χ3n) is 4.92. The lowest BCUT2D eigenvalue weighted by atomic mass is 10.0. The number of hydrogen-bond donors (Lipinski definition) is 1. The molecule has 1 atom stereocenters. The SMILES string of the molecule is NCC1CCN(C(=O)c2cc(C3CC3)nc3ccc(F)cc23)C1.